The monoisotopic (exact) mass is 494 g/mol. The Morgan fingerprint density at radius 1 is 1.03 bits per heavy atom. The number of carbonyl (C=O) groups excluding carboxylic acids is 3. The quantitative estimate of drug-likeness (QED) is 0.189. The predicted molar refractivity (Wildman–Crippen MR) is 131 cm³/mol. The van der Waals surface area contributed by atoms with Crippen LogP contribution in [0.15, 0.2) is 60.7 Å². The Morgan fingerprint density at radius 3 is 2.34 bits per heavy atom. The van der Waals surface area contributed by atoms with Crippen LogP contribution in [-0.2, 0) is 20.9 Å². The molecule has 9 nitrogen and oxygen atoms in total. The van der Waals surface area contributed by atoms with Gasteiger partial charge in [0.15, 0.2) is 0 Å². The molecule has 0 saturated carbocycles. The van der Waals surface area contributed by atoms with Crippen molar-refractivity contribution in [2.24, 2.45) is 0 Å². The lowest BCUT2D eigenvalue weighted by Gasteiger charge is -2.06. The molecule has 0 aliphatic heterocycles. The standard InChI is InChI=1S/C25H22N2O7S/c1-3-33-24(29)21-16(2)22(25(30)34-15-18-7-5-4-6-8-18)35-23(21)26-20(28)14-11-17-9-12-19(13-10-17)27(31)32/h4-14H,3,15H2,1-2H3,(H,26,28)/b14-11+. The van der Waals surface area contributed by atoms with Crippen LogP contribution >= 0.6 is 11.3 Å². The van der Waals surface area contributed by atoms with Gasteiger partial charge in [0.25, 0.3) is 5.69 Å². The summed E-state index contributed by atoms with van der Waals surface area (Å²) < 4.78 is 10.5. The van der Waals surface area contributed by atoms with Crippen molar-refractivity contribution in [2.45, 2.75) is 20.5 Å². The molecular weight excluding hydrogens is 472 g/mol. The molecule has 1 amide bonds. The number of thiophene rings is 1. The fourth-order valence-corrected chi connectivity index (χ4v) is 4.16. The Bertz CT molecular complexity index is 1260. The van der Waals surface area contributed by atoms with Gasteiger partial charge in [0.05, 0.1) is 17.1 Å². The molecule has 3 aromatic rings. The molecule has 1 aromatic heterocycles. The molecular formula is C25H22N2O7S. The second-order valence-corrected chi connectivity index (χ2v) is 8.23. The Hall–Kier alpha value is -4.31. The highest BCUT2D eigenvalue weighted by atomic mass is 32.1. The van der Waals surface area contributed by atoms with Crippen molar-refractivity contribution in [3.8, 4) is 0 Å². The summed E-state index contributed by atoms with van der Waals surface area (Å²) in [6.07, 6.45) is 2.69. The van der Waals surface area contributed by atoms with Crippen LogP contribution in [-0.4, -0.2) is 29.4 Å². The number of nitrogens with zero attached hydrogens (tertiary/aromatic N) is 1. The van der Waals surface area contributed by atoms with Gasteiger partial charge in [0.2, 0.25) is 5.91 Å². The maximum Gasteiger partial charge on any atom is 0.349 e. The number of benzene rings is 2. The molecule has 2 aromatic carbocycles. The van der Waals surface area contributed by atoms with E-state index in [1.807, 2.05) is 30.3 Å². The number of hydrogen-bond acceptors (Lipinski definition) is 8. The van der Waals surface area contributed by atoms with Gasteiger partial charge in [-0.05, 0) is 48.7 Å². The van der Waals surface area contributed by atoms with E-state index in [9.17, 15) is 24.5 Å². The average molecular weight is 495 g/mol. The maximum atomic E-state index is 12.7. The lowest BCUT2D eigenvalue weighted by atomic mass is 10.1. The molecule has 0 aliphatic carbocycles. The third-order valence-corrected chi connectivity index (χ3v) is 5.98. The number of anilines is 1. The summed E-state index contributed by atoms with van der Waals surface area (Å²) >= 11 is 0.923. The minimum absolute atomic E-state index is 0.0609. The van der Waals surface area contributed by atoms with Crippen LogP contribution < -0.4 is 5.32 Å². The molecule has 0 unspecified atom stereocenters. The van der Waals surface area contributed by atoms with E-state index in [2.05, 4.69) is 5.32 Å². The zero-order chi connectivity index (χ0) is 25.4. The summed E-state index contributed by atoms with van der Waals surface area (Å²) in [4.78, 5) is 48.2. The molecule has 180 valence electrons. The first-order valence-electron chi connectivity index (χ1n) is 10.5. The number of ether oxygens (including phenoxy) is 2. The van der Waals surface area contributed by atoms with Crippen molar-refractivity contribution in [2.75, 3.05) is 11.9 Å². The van der Waals surface area contributed by atoms with Crippen molar-refractivity contribution in [1.82, 2.24) is 0 Å². The highest BCUT2D eigenvalue weighted by Gasteiger charge is 2.27. The topological polar surface area (TPSA) is 125 Å². The van der Waals surface area contributed by atoms with Crippen LogP contribution in [0.3, 0.4) is 0 Å². The Balaban J connectivity index is 1.78. The Labute approximate surface area is 205 Å². The van der Waals surface area contributed by atoms with Crippen LogP contribution in [0.4, 0.5) is 10.7 Å². The minimum atomic E-state index is -0.669. The Morgan fingerprint density at radius 2 is 1.71 bits per heavy atom. The molecule has 0 spiro atoms. The van der Waals surface area contributed by atoms with Crippen molar-refractivity contribution in [3.05, 3.63) is 97.9 Å². The number of rotatable bonds is 9. The Kier molecular flexibility index (Phi) is 8.47. The van der Waals surface area contributed by atoms with Gasteiger partial charge in [-0.2, -0.15) is 0 Å². The fourth-order valence-electron chi connectivity index (χ4n) is 3.07. The largest absolute Gasteiger partial charge is 0.462 e. The van der Waals surface area contributed by atoms with E-state index < -0.39 is 22.8 Å². The van der Waals surface area contributed by atoms with Gasteiger partial charge in [0.1, 0.15) is 16.5 Å². The normalized spacial score (nSPS) is 10.7. The van der Waals surface area contributed by atoms with Gasteiger partial charge in [-0.15, -0.1) is 11.3 Å². The number of amides is 1. The summed E-state index contributed by atoms with van der Waals surface area (Å²) in [6.45, 7) is 3.42. The molecule has 0 bridgehead atoms. The minimum Gasteiger partial charge on any atom is -0.462 e. The molecule has 0 aliphatic rings. The van der Waals surface area contributed by atoms with Crippen LogP contribution in [0.1, 0.15) is 43.6 Å². The zero-order valence-electron chi connectivity index (χ0n) is 19.0. The molecule has 1 N–H and O–H groups in total. The number of non-ortho nitro benzene ring substituents is 1. The number of nitro groups is 1. The van der Waals surface area contributed by atoms with E-state index in [1.165, 1.54) is 36.4 Å². The number of hydrogen-bond donors (Lipinski definition) is 1. The average Bonchev–Trinajstić information content (AvgIpc) is 3.17. The second-order valence-electron chi connectivity index (χ2n) is 7.21. The van der Waals surface area contributed by atoms with E-state index >= 15 is 0 Å². The summed E-state index contributed by atoms with van der Waals surface area (Å²) in [5.74, 6) is -1.85. The zero-order valence-corrected chi connectivity index (χ0v) is 19.8. The van der Waals surface area contributed by atoms with Crippen LogP contribution in [0.5, 0.6) is 0 Å². The number of esters is 2. The third-order valence-electron chi connectivity index (χ3n) is 4.79. The smallest absolute Gasteiger partial charge is 0.349 e. The fraction of sp³-hybridized carbons (Fsp3) is 0.160. The van der Waals surface area contributed by atoms with Gasteiger partial charge < -0.3 is 14.8 Å². The van der Waals surface area contributed by atoms with Crippen LogP contribution in [0.25, 0.3) is 6.08 Å². The van der Waals surface area contributed by atoms with Crippen molar-refractivity contribution >= 4 is 45.9 Å². The number of nitrogens with one attached hydrogen (secondary N) is 1. The number of carbonyl (C=O) groups is 3. The first-order chi connectivity index (χ1) is 16.8. The number of nitro benzene ring substituents is 1. The molecule has 0 radical (unpaired) electrons. The van der Waals surface area contributed by atoms with Gasteiger partial charge in [-0.1, -0.05) is 30.3 Å². The van der Waals surface area contributed by atoms with Crippen molar-refractivity contribution in [3.63, 3.8) is 0 Å². The third kappa shape index (κ3) is 6.61. The summed E-state index contributed by atoms with van der Waals surface area (Å²) in [7, 11) is 0. The van der Waals surface area contributed by atoms with Gasteiger partial charge in [-0.3, -0.25) is 14.9 Å². The molecule has 10 heteroatoms. The van der Waals surface area contributed by atoms with Gasteiger partial charge >= 0.3 is 11.9 Å². The molecule has 0 fully saturated rings. The summed E-state index contributed by atoms with van der Waals surface area (Å²) in [5, 5.41) is 13.5. The van der Waals surface area contributed by atoms with E-state index in [0.29, 0.717) is 11.1 Å². The van der Waals surface area contributed by atoms with E-state index in [-0.39, 0.29) is 34.3 Å². The van der Waals surface area contributed by atoms with Crippen molar-refractivity contribution in [1.29, 1.82) is 0 Å². The first-order valence-corrected chi connectivity index (χ1v) is 11.4. The van der Waals surface area contributed by atoms with E-state index in [0.717, 1.165) is 16.9 Å². The van der Waals surface area contributed by atoms with Gasteiger partial charge in [-0.25, -0.2) is 9.59 Å². The summed E-state index contributed by atoms with van der Waals surface area (Å²) in [6, 6.07) is 14.8. The van der Waals surface area contributed by atoms with Gasteiger partial charge in [0, 0.05) is 18.2 Å². The second kappa shape index (κ2) is 11.7. The molecule has 1 heterocycles. The van der Waals surface area contributed by atoms with Crippen LogP contribution in [0, 0.1) is 17.0 Å². The van der Waals surface area contributed by atoms with Crippen LogP contribution in [0.2, 0.25) is 0 Å². The SMILES string of the molecule is CCOC(=O)c1c(NC(=O)/C=C/c2ccc([N+](=O)[O-])cc2)sc(C(=O)OCc2ccccc2)c1C. The predicted octanol–water partition coefficient (Wildman–Crippen LogP) is 5.15. The summed E-state index contributed by atoms with van der Waals surface area (Å²) in [5.41, 5.74) is 1.75. The highest BCUT2D eigenvalue weighted by Crippen LogP contribution is 2.34. The van der Waals surface area contributed by atoms with E-state index in [4.69, 9.17) is 9.47 Å². The molecule has 0 saturated heterocycles. The van der Waals surface area contributed by atoms with E-state index in [1.54, 1.807) is 13.8 Å². The molecule has 3 rings (SSSR count). The first kappa shape index (κ1) is 25.3. The molecule has 35 heavy (non-hydrogen) atoms. The highest BCUT2D eigenvalue weighted by molar-refractivity contribution is 7.18. The maximum absolute atomic E-state index is 12.7. The lowest BCUT2D eigenvalue weighted by molar-refractivity contribution is -0.384. The lowest BCUT2D eigenvalue weighted by Crippen LogP contribution is -2.13. The van der Waals surface area contributed by atoms with Crippen molar-refractivity contribution < 1.29 is 28.8 Å². The molecule has 0 atom stereocenters.